The first-order chi connectivity index (χ1) is 10.8. The highest BCUT2D eigenvalue weighted by atomic mass is 16.6. The second-order valence-corrected chi connectivity index (χ2v) is 6.84. The fourth-order valence-corrected chi connectivity index (χ4v) is 1.59. The van der Waals surface area contributed by atoms with Crippen LogP contribution in [0.2, 0.25) is 0 Å². The van der Waals surface area contributed by atoms with Crippen molar-refractivity contribution in [3.63, 3.8) is 0 Å². The summed E-state index contributed by atoms with van der Waals surface area (Å²) in [5, 5.41) is 2.71. The maximum atomic E-state index is 11.1. The van der Waals surface area contributed by atoms with E-state index >= 15 is 0 Å². The number of ether oxygens (including phenoxy) is 1. The van der Waals surface area contributed by atoms with Crippen LogP contribution in [-0.2, 0) is 4.74 Å². The minimum absolute atomic E-state index is 0.316. The van der Waals surface area contributed by atoms with Gasteiger partial charge in [0.2, 0.25) is 0 Å². The summed E-state index contributed by atoms with van der Waals surface area (Å²) in [4.78, 5) is 11.1. The summed E-state index contributed by atoms with van der Waals surface area (Å²) in [6, 6.07) is 0. The molecular weight excluding hydrogens is 286 g/mol. The first-order valence-corrected chi connectivity index (χ1v) is 9.75. The number of carbonyl (C=O) groups excluding carboxylic acids is 1. The Bertz CT molecular complexity index is 212. The first-order valence-electron chi connectivity index (χ1n) is 9.75. The number of nitrogens with one attached hydrogen (secondary N) is 1. The third-order valence-electron chi connectivity index (χ3n) is 2.86. The van der Waals surface area contributed by atoms with E-state index in [9.17, 15) is 4.79 Å². The molecule has 0 aromatic rings. The van der Waals surface area contributed by atoms with E-state index in [4.69, 9.17) is 4.74 Å². The second kappa shape index (κ2) is 21.3. The average Bonchev–Trinajstić information content (AvgIpc) is 2.45. The molecule has 0 saturated carbocycles. The van der Waals surface area contributed by atoms with Crippen molar-refractivity contribution in [2.24, 2.45) is 0 Å². The summed E-state index contributed by atoms with van der Waals surface area (Å²) >= 11 is 0. The molecule has 1 N–H and O–H groups in total. The summed E-state index contributed by atoms with van der Waals surface area (Å²) in [6.45, 7) is 17.3. The minimum atomic E-state index is -0.394. The predicted molar refractivity (Wildman–Crippen MR) is 104 cm³/mol. The molecule has 1 amide bonds. The zero-order valence-electron chi connectivity index (χ0n) is 17.4. The van der Waals surface area contributed by atoms with E-state index in [1.54, 1.807) is 0 Å². The van der Waals surface area contributed by atoms with Gasteiger partial charge in [0.05, 0.1) is 0 Å². The highest BCUT2D eigenvalue weighted by molar-refractivity contribution is 5.67. The summed E-state index contributed by atoms with van der Waals surface area (Å²) in [6.07, 6.45) is 11.2. The highest BCUT2D eigenvalue weighted by Crippen LogP contribution is 2.06. The topological polar surface area (TPSA) is 38.3 Å². The van der Waals surface area contributed by atoms with Crippen molar-refractivity contribution in [3.8, 4) is 0 Å². The molecule has 0 aliphatic heterocycles. The number of alkyl carbamates (subject to hydrolysis) is 1. The zero-order valence-corrected chi connectivity index (χ0v) is 17.4. The Morgan fingerprint density at radius 3 is 1.39 bits per heavy atom. The van der Waals surface area contributed by atoms with Gasteiger partial charge < -0.3 is 10.1 Å². The molecule has 0 aliphatic rings. The molecule has 0 aliphatic carbocycles. The quantitative estimate of drug-likeness (QED) is 0.482. The van der Waals surface area contributed by atoms with Crippen LogP contribution < -0.4 is 5.32 Å². The van der Waals surface area contributed by atoms with Gasteiger partial charge in [0.1, 0.15) is 5.60 Å². The monoisotopic (exact) mass is 331 g/mol. The van der Waals surface area contributed by atoms with E-state index in [2.05, 4.69) is 39.9 Å². The van der Waals surface area contributed by atoms with Crippen molar-refractivity contribution in [2.75, 3.05) is 6.54 Å². The van der Waals surface area contributed by atoms with Gasteiger partial charge in [-0.15, -0.1) is 0 Å². The molecule has 0 spiro atoms. The Balaban J connectivity index is -0.000000329. The first kappa shape index (κ1) is 27.1. The predicted octanol–water partition coefficient (Wildman–Crippen LogP) is 7.09. The SMILES string of the molecule is CCCCC.CCCCC.CCCCCNC(=O)OC(C)(C)C. The summed E-state index contributed by atoms with van der Waals surface area (Å²) < 4.78 is 5.07. The zero-order chi connectivity index (χ0) is 18.6. The molecule has 0 heterocycles. The number of unbranched alkanes of at least 4 members (excludes halogenated alkanes) is 6. The number of rotatable bonds is 8. The van der Waals surface area contributed by atoms with Crippen molar-refractivity contribution in [2.45, 2.75) is 119 Å². The molecular formula is C20H45NO2. The summed E-state index contributed by atoms with van der Waals surface area (Å²) in [7, 11) is 0. The Morgan fingerprint density at radius 2 is 1.13 bits per heavy atom. The van der Waals surface area contributed by atoms with Gasteiger partial charge in [0.15, 0.2) is 0 Å². The third kappa shape index (κ3) is 38.8. The maximum Gasteiger partial charge on any atom is 0.407 e. The van der Waals surface area contributed by atoms with Gasteiger partial charge in [0.25, 0.3) is 0 Å². The lowest BCUT2D eigenvalue weighted by atomic mass is 10.2. The molecule has 0 unspecified atom stereocenters. The molecule has 0 bridgehead atoms. The summed E-state index contributed by atoms with van der Waals surface area (Å²) in [5.74, 6) is 0. The van der Waals surface area contributed by atoms with Crippen LogP contribution >= 0.6 is 0 Å². The molecule has 23 heavy (non-hydrogen) atoms. The van der Waals surface area contributed by atoms with E-state index < -0.39 is 5.60 Å². The molecule has 0 atom stereocenters. The van der Waals surface area contributed by atoms with E-state index in [1.165, 1.54) is 38.5 Å². The van der Waals surface area contributed by atoms with Gasteiger partial charge in [-0.1, -0.05) is 86.0 Å². The molecule has 3 heteroatoms. The van der Waals surface area contributed by atoms with Gasteiger partial charge in [0, 0.05) is 6.54 Å². The lowest BCUT2D eigenvalue weighted by molar-refractivity contribution is 0.0527. The van der Waals surface area contributed by atoms with E-state index in [1.807, 2.05) is 20.8 Å². The van der Waals surface area contributed by atoms with Gasteiger partial charge in [-0.25, -0.2) is 4.79 Å². The summed E-state index contributed by atoms with van der Waals surface area (Å²) in [5.41, 5.74) is -0.394. The van der Waals surface area contributed by atoms with Crippen LogP contribution in [0.4, 0.5) is 4.79 Å². The molecule has 0 fully saturated rings. The maximum absolute atomic E-state index is 11.1. The van der Waals surface area contributed by atoms with Crippen LogP contribution in [0.15, 0.2) is 0 Å². The standard InChI is InChI=1S/C10H21NO2.2C5H12/c1-5-6-7-8-11-9(12)13-10(2,3)4;2*1-3-5-4-2/h5-8H2,1-4H3,(H,11,12);2*3-5H2,1-2H3. The molecule has 0 saturated heterocycles. The van der Waals surface area contributed by atoms with Crippen molar-refractivity contribution in [3.05, 3.63) is 0 Å². The Labute approximate surface area is 147 Å². The highest BCUT2D eigenvalue weighted by Gasteiger charge is 2.15. The van der Waals surface area contributed by atoms with Crippen LogP contribution in [0.25, 0.3) is 0 Å². The number of amides is 1. The van der Waals surface area contributed by atoms with Crippen LogP contribution in [0, 0.1) is 0 Å². The average molecular weight is 332 g/mol. The lowest BCUT2D eigenvalue weighted by Crippen LogP contribution is -2.32. The van der Waals surface area contributed by atoms with Gasteiger partial charge in [-0.3, -0.25) is 0 Å². The molecule has 142 valence electrons. The van der Waals surface area contributed by atoms with Crippen molar-refractivity contribution in [1.82, 2.24) is 5.32 Å². The van der Waals surface area contributed by atoms with Crippen molar-refractivity contribution < 1.29 is 9.53 Å². The Kier molecular flexibility index (Phi) is 25.1. The third-order valence-corrected chi connectivity index (χ3v) is 2.86. The fraction of sp³-hybridized carbons (Fsp3) is 0.950. The van der Waals surface area contributed by atoms with Crippen molar-refractivity contribution in [1.29, 1.82) is 0 Å². The second-order valence-electron chi connectivity index (χ2n) is 6.84. The normalized spacial score (nSPS) is 9.91. The molecule has 0 aromatic heterocycles. The molecule has 3 nitrogen and oxygen atoms in total. The number of hydrogen-bond acceptors (Lipinski definition) is 2. The number of carbonyl (C=O) groups is 1. The van der Waals surface area contributed by atoms with Gasteiger partial charge in [-0.2, -0.15) is 0 Å². The van der Waals surface area contributed by atoms with Gasteiger partial charge >= 0.3 is 6.09 Å². The Hall–Kier alpha value is -0.730. The van der Waals surface area contributed by atoms with Crippen molar-refractivity contribution >= 4 is 6.09 Å². The smallest absolute Gasteiger partial charge is 0.407 e. The van der Waals surface area contributed by atoms with Crippen LogP contribution in [0.5, 0.6) is 0 Å². The minimum Gasteiger partial charge on any atom is -0.444 e. The fourth-order valence-electron chi connectivity index (χ4n) is 1.59. The molecule has 0 aromatic carbocycles. The molecule has 0 rings (SSSR count). The number of hydrogen-bond donors (Lipinski definition) is 1. The van der Waals surface area contributed by atoms with Gasteiger partial charge in [-0.05, 0) is 27.2 Å². The lowest BCUT2D eigenvalue weighted by Gasteiger charge is -2.19. The van der Waals surface area contributed by atoms with Crippen LogP contribution in [0.3, 0.4) is 0 Å². The largest absolute Gasteiger partial charge is 0.444 e. The van der Waals surface area contributed by atoms with E-state index in [0.29, 0.717) is 6.54 Å². The van der Waals surface area contributed by atoms with E-state index in [-0.39, 0.29) is 6.09 Å². The Morgan fingerprint density at radius 1 is 0.739 bits per heavy atom. The van der Waals surface area contributed by atoms with E-state index in [0.717, 1.165) is 19.3 Å². The van der Waals surface area contributed by atoms with Crippen LogP contribution in [0.1, 0.15) is 113 Å². The van der Waals surface area contributed by atoms with Crippen LogP contribution in [-0.4, -0.2) is 18.2 Å². The molecule has 0 radical (unpaired) electrons.